The first kappa shape index (κ1) is 21.7. The summed E-state index contributed by atoms with van der Waals surface area (Å²) >= 11 is 5.97. The van der Waals surface area contributed by atoms with Crippen LogP contribution in [0, 0.1) is 5.82 Å². The fourth-order valence-corrected chi connectivity index (χ4v) is 3.09. The molecule has 2 heterocycles. The number of hydrogen-bond acceptors (Lipinski definition) is 6. The van der Waals surface area contributed by atoms with Gasteiger partial charge in [0.2, 0.25) is 5.91 Å². The minimum absolute atomic E-state index is 0.165. The SMILES string of the molecule is COC(=O)c1cncc(OCC2CN(C(=O)C=Cc3c(F)cccc3Cl)CCO2)c1. The zero-order chi connectivity index (χ0) is 21.5. The van der Waals surface area contributed by atoms with Gasteiger partial charge in [0.1, 0.15) is 24.3 Å². The number of hydrogen-bond donors (Lipinski definition) is 0. The fraction of sp³-hybridized carbons (Fsp3) is 0.286. The monoisotopic (exact) mass is 434 g/mol. The second kappa shape index (κ2) is 10.2. The van der Waals surface area contributed by atoms with Crippen LogP contribution >= 0.6 is 11.6 Å². The van der Waals surface area contributed by atoms with Gasteiger partial charge in [-0.15, -0.1) is 0 Å². The number of amides is 1. The number of benzene rings is 1. The maximum Gasteiger partial charge on any atom is 0.339 e. The Kier molecular flexibility index (Phi) is 7.37. The molecule has 9 heteroatoms. The average molecular weight is 435 g/mol. The van der Waals surface area contributed by atoms with Crippen molar-refractivity contribution >= 4 is 29.6 Å². The molecule has 0 N–H and O–H groups in total. The largest absolute Gasteiger partial charge is 0.489 e. The van der Waals surface area contributed by atoms with Crippen LogP contribution in [0.3, 0.4) is 0 Å². The highest BCUT2D eigenvalue weighted by Gasteiger charge is 2.24. The van der Waals surface area contributed by atoms with E-state index in [2.05, 4.69) is 9.72 Å². The summed E-state index contributed by atoms with van der Waals surface area (Å²) in [5.41, 5.74) is 0.437. The quantitative estimate of drug-likeness (QED) is 0.514. The van der Waals surface area contributed by atoms with E-state index in [0.717, 1.165) is 0 Å². The number of halogens is 2. The molecule has 30 heavy (non-hydrogen) atoms. The lowest BCUT2D eigenvalue weighted by molar-refractivity contribution is -0.134. The van der Waals surface area contributed by atoms with E-state index in [4.69, 9.17) is 21.1 Å². The molecule has 1 fully saturated rings. The van der Waals surface area contributed by atoms with Crippen LogP contribution in [0.15, 0.2) is 42.7 Å². The molecule has 0 aliphatic carbocycles. The predicted octanol–water partition coefficient (Wildman–Crippen LogP) is 2.98. The van der Waals surface area contributed by atoms with Gasteiger partial charge in [0.05, 0.1) is 37.0 Å². The molecule has 0 bridgehead atoms. The molecule has 0 saturated carbocycles. The molecule has 0 spiro atoms. The Hall–Kier alpha value is -2.97. The summed E-state index contributed by atoms with van der Waals surface area (Å²) < 4.78 is 29.8. The lowest BCUT2D eigenvalue weighted by atomic mass is 10.2. The highest BCUT2D eigenvalue weighted by molar-refractivity contribution is 6.32. The van der Waals surface area contributed by atoms with Crippen LogP contribution in [0.5, 0.6) is 5.75 Å². The third-order valence-electron chi connectivity index (χ3n) is 4.41. The number of nitrogens with zero attached hydrogens (tertiary/aromatic N) is 2. The third kappa shape index (κ3) is 5.55. The van der Waals surface area contributed by atoms with Gasteiger partial charge in [-0.25, -0.2) is 9.18 Å². The second-order valence-corrected chi connectivity index (χ2v) is 6.86. The van der Waals surface area contributed by atoms with Crippen molar-refractivity contribution in [2.75, 3.05) is 33.4 Å². The highest BCUT2D eigenvalue weighted by atomic mass is 35.5. The Balaban J connectivity index is 1.57. The first-order valence-electron chi connectivity index (χ1n) is 9.16. The van der Waals surface area contributed by atoms with Gasteiger partial charge >= 0.3 is 5.97 Å². The van der Waals surface area contributed by atoms with Gasteiger partial charge in [0.15, 0.2) is 0 Å². The minimum Gasteiger partial charge on any atom is -0.489 e. The number of esters is 1. The normalized spacial score (nSPS) is 16.5. The summed E-state index contributed by atoms with van der Waals surface area (Å²) in [5, 5.41) is 0.232. The molecular formula is C21H20ClFN2O5. The van der Waals surface area contributed by atoms with Gasteiger partial charge < -0.3 is 19.1 Å². The van der Waals surface area contributed by atoms with Crippen molar-refractivity contribution in [1.82, 2.24) is 9.88 Å². The number of aromatic nitrogens is 1. The van der Waals surface area contributed by atoms with Crippen molar-refractivity contribution in [1.29, 1.82) is 0 Å². The molecule has 3 rings (SSSR count). The van der Waals surface area contributed by atoms with E-state index in [1.165, 1.54) is 49.9 Å². The summed E-state index contributed by atoms with van der Waals surface area (Å²) in [6, 6.07) is 5.86. The summed E-state index contributed by atoms with van der Waals surface area (Å²) in [6.07, 6.45) is 5.14. The van der Waals surface area contributed by atoms with Gasteiger partial charge in [0.25, 0.3) is 0 Å². The first-order chi connectivity index (χ1) is 14.5. The van der Waals surface area contributed by atoms with Crippen molar-refractivity contribution < 1.29 is 28.2 Å². The summed E-state index contributed by atoms with van der Waals surface area (Å²) in [5.74, 6) is -0.904. The van der Waals surface area contributed by atoms with E-state index in [0.29, 0.717) is 25.4 Å². The molecule has 1 aromatic carbocycles. The van der Waals surface area contributed by atoms with Crippen LogP contribution in [0.25, 0.3) is 6.08 Å². The second-order valence-electron chi connectivity index (χ2n) is 6.46. The van der Waals surface area contributed by atoms with Crippen LogP contribution in [-0.2, 0) is 14.3 Å². The zero-order valence-electron chi connectivity index (χ0n) is 16.2. The maximum atomic E-state index is 13.8. The predicted molar refractivity (Wildman–Crippen MR) is 108 cm³/mol. The number of carbonyl (C=O) groups excluding carboxylic acids is 2. The lowest BCUT2D eigenvalue weighted by Crippen LogP contribution is -2.47. The molecule has 1 atom stereocenters. The molecular weight excluding hydrogens is 415 g/mol. The Labute approximate surface area is 178 Å². The summed E-state index contributed by atoms with van der Waals surface area (Å²) in [7, 11) is 1.28. The maximum absolute atomic E-state index is 13.8. The van der Waals surface area contributed by atoms with E-state index >= 15 is 0 Å². The molecule has 1 unspecified atom stereocenters. The number of ether oxygens (including phenoxy) is 3. The highest BCUT2D eigenvalue weighted by Crippen LogP contribution is 2.20. The van der Waals surface area contributed by atoms with Crippen LogP contribution in [0.1, 0.15) is 15.9 Å². The number of methoxy groups -OCH3 is 1. The van der Waals surface area contributed by atoms with Crippen molar-refractivity contribution in [3.8, 4) is 5.75 Å². The Morgan fingerprint density at radius 2 is 2.23 bits per heavy atom. The number of rotatable bonds is 6. The van der Waals surface area contributed by atoms with Gasteiger partial charge in [0, 0.05) is 24.4 Å². The zero-order valence-corrected chi connectivity index (χ0v) is 17.0. The van der Waals surface area contributed by atoms with E-state index in [-0.39, 0.29) is 34.8 Å². The van der Waals surface area contributed by atoms with Crippen LogP contribution < -0.4 is 4.74 Å². The molecule has 0 radical (unpaired) electrons. The Morgan fingerprint density at radius 3 is 3.00 bits per heavy atom. The topological polar surface area (TPSA) is 78.0 Å². The molecule has 1 aliphatic rings. The number of morpholine rings is 1. The summed E-state index contributed by atoms with van der Waals surface area (Å²) in [6.45, 7) is 1.22. The fourth-order valence-electron chi connectivity index (χ4n) is 2.87. The van der Waals surface area contributed by atoms with E-state index in [1.54, 1.807) is 11.0 Å². The van der Waals surface area contributed by atoms with Crippen molar-refractivity contribution in [3.05, 3.63) is 64.7 Å². The van der Waals surface area contributed by atoms with E-state index in [9.17, 15) is 14.0 Å². The Bertz CT molecular complexity index is 932. The number of carbonyl (C=O) groups is 2. The van der Waals surface area contributed by atoms with Crippen molar-refractivity contribution in [3.63, 3.8) is 0 Å². The van der Waals surface area contributed by atoms with Crippen LogP contribution in [0.4, 0.5) is 4.39 Å². The molecule has 1 saturated heterocycles. The first-order valence-corrected chi connectivity index (χ1v) is 9.54. The Morgan fingerprint density at radius 1 is 1.40 bits per heavy atom. The molecule has 2 aromatic rings. The van der Waals surface area contributed by atoms with Crippen molar-refractivity contribution in [2.24, 2.45) is 0 Å². The lowest BCUT2D eigenvalue weighted by Gasteiger charge is -2.32. The van der Waals surface area contributed by atoms with Gasteiger partial charge in [-0.1, -0.05) is 17.7 Å². The smallest absolute Gasteiger partial charge is 0.339 e. The minimum atomic E-state index is -0.514. The number of pyridine rings is 1. The van der Waals surface area contributed by atoms with Gasteiger partial charge in [-0.2, -0.15) is 0 Å². The molecule has 1 aromatic heterocycles. The van der Waals surface area contributed by atoms with E-state index < -0.39 is 11.8 Å². The van der Waals surface area contributed by atoms with Crippen molar-refractivity contribution in [2.45, 2.75) is 6.10 Å². The summed E-state index contributed by atoms with van der Waals surface area (Å²) in [4.78, 5) is 29.6. The molecule has 7 nitrogen and oxygen atoms in total. The molecule has 1 aliphatic heterocycles. The van der Waals surface area contributed by atoms with Crippen LogP contribution in [-0.4, -0.2) is 61.3 Å². The van der Waals surface area contributed by atoms with Gasteiger partial charge in [-0.05, 0) is 24.3 Å². The molecule has 158 valence electrons. The molecule has 1 amide bonds. The average Bonchev–Trinajstić information content (AvgIpc) is 2.77. The standard InChI is InChI=1S/C21H20ClFN2O5/c1-28-21(27)14-9-15(11-24-10-14)30-13-16-12-25(7-8-29-16)20(26)6-5-17-18(22)3-2-4-19(17)23/h2-6,9-11,16H,7-8,12-13H2,1H3. The van der Waals surface area contributed by atoms with E-state index in [1.807, 2.05) is 0 Å². The third-order valence-corrected chi connectivity index (χ3v) is 4.74. The van der Waals surface area contributed by atoms with Crippen LogP contribution in [0.2, 0.25) is 5.02 Å². The van der Waals surface area contributed by atoms with Gasteiger partial charge in [-0.3, -0.25) is 9.78 Å².